The van der Waals surface area contributed by atoms with Gasteiger partial charge in [-0.05, 0) is 39.4 Å². The van der Waals surface area contributed by atoms with E-state index in [2.05, 4.69) is 23.8 Å². The van der Waals surface area contributed by atoms with Gasteiger partial charge >= 0.3 is 0 Å². The standard InChI is InChI=1S/C13H27N3O/c1-3-12-10-17-9-8-16(12)13(11-14)4-6-15(2)7-5-13/h12H,3-11,14H2,1-2H3. The molecule has 0 saturated carbocycles. The van der Waals surface area contributed by atoms with Gasteiger partial charge < -0.3 is 15.4 Å². The number of morpholine rings is 1. The summed E-state index contributed by atoms with van der Waals surface area (Å²) in [4.78, 5) is 5.07. The maximum absolute atomic E-state index is 6.13. The number of rotatable bonds is 3. The number of piperidine rings is 1. The van der Waals surface area contributed by atoms with E-state index in [0.29, 0.717) is 6.04 Å². The van der Waals surface area contributed by atoms with Crippen LogP contribution >= 0.6 is 0 Å². The van der Waals surface area contributed by atoms with Crippen molar-refractivity contribution < 1.29 is 4.74 Å². The lowest BCUT2D eigenvalue weighted by molar-refractivity contribution is -0.0809. The first-order chi connectivity index (χ1) is 8.22. The minimum absolute atomic E-state index is 0.233. The highest BCUT2D eigenvalue weighted by Gasteiger charge is 2.41. The normalized spacial score (nSPS) is 31.6. The lowest BCUT2D eigenvalue weighted by atomic mass is 9.84. The van der Waals surface area contributed by atoms with E-state index in [4.69, 9.17) is 10.5 Å². The highest BCUT2D eigenvalue weighted by molar-refractivity contribution is 4.99. The van der Waals surface area contributed by atoms with Crippen molar-refractivity contribution in [1.82, 2.24) is 9.80 Å². The Kier molecular flexibility index (Phi) is 4.42. The van der Waals surface area contributed by atoms with Gasteiger partial charge in [-0.3, -0.25) is 4.90 Å². The molecule has 2 aliphatic rings. The van der Waals surface area contributed by atoms with E-state index in [1.54, 1.807) is 0 Å². The number of likely N-dealkylation sites (tertiary alicyclic amines) is 1. The average Bonchev–Trinajstić information content (AvgIpc) is 2.40. The van der Waals surface area contributed by atoms with E-state index in [-0.39, 0.29) is 5.54 Å². The smallest absolute Gasteiger partial charge is 0.0622 e. The third kappa shape index (κ3) is 2.65. The molecule has 2 saturated heterocycles. The molecule has 0 aromatic carbocycles. The number of hydrogen-bond acceptors (Lipinski definition) is 4. The fourth-order valence-electron chi connectivity index (χ4n) is 3.26. The average molecular weight is 241 g/mol. The molecule has 2 fully saturated rings. The van der Waals surface area contributed by atoms with Crippen molar-refractivity contribution in [3.8, 4) is 0 Å². The second-order valence-corrected chi connectivity index (χ2v) is 5.56. The van der Waals surface area contributed by atoms with E-state index in [9.17, 15) is 0 Å². The van der Waals surface area contributed by atoms with E-state index >= 15 is 0 Å². The van der Waals surface area contributed by atoms with Crippen LogP contribution in [0.3, 0.4) is 0 Å². The summed E-state index contributed by atoms with van der Waals surface area (Å²) in [6.45, 7) is 8.19. The predicted octanol–water partition coefficient (Wildman–Crippen LogP) is 0.520. The molecule has 0 spiro atoms. The molecule has 1 atom stereocenters. The molecule has 4 nitrogen and oxygen atoms in total. The van der Waals surface area contributed by atoms with Crippen molar-refractivity contribution in [2.75, 3.05) is 46.4 Å². The summed E-state index contributed by atoms with van der Waals surface area (Å²) < 4.78 is 5.61. The summed E-state index contributed by atoms with van der Waals surface area (Å²) in [6, 6.07) is 0.565. The van der Waals surface area contributed by atoms with Crippen LogP contribution in [0.25, 0.3) is 0 Å². The molecule has 17 heavy (non-hydrogen) atoms. The summed E-state index contributed by atoms with van der Waals surface area (Å²) in [7, 11) is 2.21. The van der Waals surface area contributed by atoms with Gasteiger partial charge in [0.15, 0.2) is 0 Å². The van der Waals surface area contributed by atoms with Crippen molar-refractivity contribution in [3.63, 3.8) is 0 Å². The third-order valence-corrected chi connectivity index (χ3v) is 4.61. The molecule has 0 aliphatic carbocycles. The SMILES string of the molecule is CCC1COCCN1C1(CN)CCN(C)CC1. The maximum atomic E-state index is 6.13. The predicted molar refractivity (Wildman–Crippen MR) is 70.1 cm³/mol. The van der Waals surface area contributed by atoms with E-state index in [1.807, 2.05) is 0 Å². The molecule has 1 unspecified atom stereocenters. The molecule has 2 heterocycles. The molecule has 100 valence electrons. The highest BCUT2D eigenvalue weighted by Crippen LogP contribution is 2.31. The molecule has 0 radical (unpaired) electrons. The Balaban J connectivity index is 2.09. The first-order valence-corrected chi connectivity index (χ1v) is 6.95. The van der Waals surface area contributed by atoms with Crippen LogP contribution < -0.4 is 5.73 Å². The van der Waals surface area contributed by atoms with Gasteiger partial charge in [0.25, 0.3) is 0 Å². The van der Waals surface area contributed by atoms with Crippen molar-refractivity contribution in [2.24, 2.45) is 5.73 Å². The zero-order valence-electron chi connectivity index (χ0n) is 11.3. The fourth-order valence-corrected chi connectivity index (χ4v) is 3.26. The Labute approximate surface area is 105 Å². The monoisotopic (exact) mass is 241 g/mol. The zero-order valence-corrected chi connectivity index (χ0v) is 11.3. The van der Waals surface area contributed by atoms with Gasteiger partial charge in [-0.2, -0.15) is 0 Å². The molecule has 0 aromatic heterocycles. The Morgan fingerprint density at radius 2 is 2.00 bits per heavy atom. The second kappa shape index (κ2) is 5.65. The van der Waals surface area contributed by atoms with E-state index in [0.717, 1.165) is 32.7 Å². The van der Waals surface area contributed by atoms with Crippen LogP contribution in [0.1, 0.15) is 26.2 Å². The molecule has 0 amide bonds. The molecular weight excluding hydrogens is 214 g/mol. The largest absolute Gasteiger partial charge is 0.378 e. The van der Waals surface area contributed by atoms with Crippen LogP contribution in [0.4, 0.5) is 0 Å². The Bertz CT molecular complexity index is 239. The fraction of sp³-hybridized carbons (Fsp3) is 1.00. The van der Waals surface area contributed by atoms with Gasteiger partial charge in [0.05, 0.1) is 13.2 Å². The van der Waals surface area contributed by atoms with Crippen molar-refractivity contribution >= 4 is 0 Å². The Morgan fingerprint density at radius 1 is 1.29 bits per heavy atom. The van der Waals surface area contributed by atoms with Gasteiger partial charge in [0.2, 0.25) is 0 Å². The number of ether oxygens (including phenoxy) is 1. The van der Waals surface area contributed by atoms with Gasteiger partial charge in [-0.25, -0.2) is 0 Å². The summed E-state index contributed by atoms with van der Waals surface area (Å²) in [5, 5.41) is 0. The van der Waals surface area contributed by atoms with Gasteiger partial charge in [0, 0.05) is 24.7 Å². The Morgan fingerprint density at radius 3 is 2.59 bits per heavy atom. The quantitative estimate of drug-likeness (QED) is 0.782. The number of hydrogen-bond donors (Lipinski definition) is 1. The van der Waals surface area contributed by atoms with Crippen LogP contribution in [-0.2, 0) is 4.74 Å². The summed E-state index contributed by atoms with van der Waals surface area (Å²) in [5.74, 6) is 0. The van der Waals surface area contributed by atoms with Crippen molar-refractivity contribution in [1.29, 1.82) is 0 Å². The van der Waals surface area contributed by atoms with Crippen LogP contribution in [0.15, 0.2) is 0 Å². The van der Waals surface area contributed by atoms with E-state index in [1.165, 1.54) is 25.9 Å². The lowest BCUT2D eigenvalue weighted by Crippen LogP contribution is -2.64. The first kappa shape index (κ1) is 13.3. The van der Waals surface area contributed by atoms with Gasteiger partial charge in [0.1, 0.15) is 0 Å². The molecule has 2 aliphatic heterocycles. The maximum Gasteiger partial charge on any atom is 0.0622 e. The topological polar surface area (TPSA) is 41.7 Å². The molecule has 0 aromatic rings. The second-order valence-electron chi connectivity index (χ2n) is 5.56. The van der Waals surface area contributed by atoms with Crippen LogP contribution in [0.2, 0.25) is 0 Å². The number of nitrogens with zero attached hydrogens (tertiary/aromatic N) is 2. The summed E-state index contributed by atoms with van der Waals surface area (Å²) >= 11 is 0. The van der Waals surface area contributed by atoms with Gasteiger partial charge in [-0.15, -0.1) is 0 Å². The van der Waals surface area contributed by atoms with Crippen LogP contribution in [-0.4, -0.2) is 67.8 Å². The third-order valence-electron chi connectivity index (χ3n) is 4.61. The minimum atomic E-state index is 0.233. The lowest BCUT2D eigenvalue weighted by Gasteiger charge is -2.52. The molecule has 4 heteroatoms. The van der Waals surface area contributed by atoms with E-state index < -0.39 is 0 Å². The zero-order chi connectivity index (χ0) is 12.3. The molecular formula is C13H27N3O. The van der Waals surface area contributed by atoms with Gasteiger partial charge in [-0.1, -0.05) is 6.92 Å². The highest BCUT2D eigenvalue weighted by atomic mass is 16.5. The van der Waals surface area contributed by atoms with Crippen molar-refractivity contribution in [3.05, 3.63) is 0 Å². The summed E-state index contributed by atoms with van der Waals surface area (Å²) in [5.41, 5.74) is 6.36. The first-order valence-electron chi connectivity index (χ1n) is 6.95. The van der Waals surface area contributed by atoms with Crippen molar-refractivity contribution in [2.45, 2.75) is 37.8 Å². The minimum Gasteiger partial charge on any atom is -0.378 e. The van der Waals surface area contributed by atoms with Crippen LogP contribution in [0, 0.1) is 0 Å². The molecule has 2 rings (SSSR count). The molecule has 2 N–H and O–H groups in total. The van der Waals surface area contributed by atoms with Crippen LogP contribution in [0.5, 0.6) is 0 Å². The molecule has 0 bridgehead atoms. The summed E-state index contributed by atoms with van der Waals surface area (Å²) in [6.07, 6.45) is 3.57. The Hall–Kier alpha value is -0.160. The number of nitrogens with two attached hydrogens (primary N) is 1.